The number of nitrogens with zero attached hydrogens (tertiary/aromatic N) is 5. The normalized spacial score (nSPS) is 11.0. The molecule has 0 bridgehead atoms. The molecule has 4 aromatic rings. The Kier molecular flexibility index (Phi) is 5.69. The lowest BCUT2D eigenvalue weighted by atomic mass is 10.1. The van der Waals surface area contributed by atoms with Gasteiger partial charge >= 0.3 is 0 Å². The molecule has 3 aromatic heterocycles. The molecule has 1 aromatic carbocycles. The van der Waals surface area contributed by atoms with Crippen molar-refractivity contribution in [3.63, 3.8) is 0 Å². The van der Waals surface area contributed by atoms with Gasteiger partial charge < -0.3 is 4.74 Å². The number of hydrogen-bond acceptors (Lipinski definition) is 10. The van der Waals surface area contributed by atoms with E-state index in [1.807, 2.05) is 38.1 Å². The minimum Gasteiger partial charge on any atom is -0.497 e. The lowest BCUT2D eigenvalue weighted by molar-refractivity contribution is -0.113. The molecule has 8 nitrogen and oxygen atoms in total. The molecule has 148 valence electrons. The lowest BCUT2D eigenvalue weighted by Gasteiger charge is -2.06. The summed E-state index contributed by atoms with van der Waals surface area (Å²) in [5.74, 6) is 0.787. The second kappa shape index (κ2) is 8.39. The van der Waals surface area contributed by atoms with Crippen LogP contribution in [0, 0.1) is 13.8 Å². The first-order valence-electron chi connectivity index (χ1n) is 8.54. The van der Waals surface area contributed by atoms with Crippen LogP contribution in [-0.4, -0.2) is 44.1 Å². The Labute approximate surface area is 178 Å². The number of benzene rings is 1. The summed E-state index contributed by atoms with van der Waals surface area (Å²) in [6.45, 7) is 3.78. The highest BCUT2D eigenvalue weighted by Crippen LogP contribution is 2.35. The molecule has 1 amide bonds. The fourth-order valence-electron chi connectivity index (χ4n) is 2.59. The predicted octanol–water partition coefficient (Wildman–Crippen LogP) is 3.96. The first kappa shape index (κ1) is 19.7. The van der Waals surface area contributed by atoms with Crippen LogP contribution >= 0.6 is 34.4 Å². The molecule has 0 aliphatic heterocycles. The third kappa shape index (κ3) is 4.36. The molecule has 0 aliphatic rings. The van der Waals surface area contributed by atoms with Gasteiger partial charge in [-0.1, -0.05) is 23.1 Å². The second-order valence-corrected chi connectivity index (χ2v) is 9.30. The van der Waals surface area contributed by atoms with Gasteiger partial charge in [0.15, 0.2) is 0 Å². The minimum absolute atomic E-state index is 0.174. The molecule has 0 saturated carbocycles. The number of ether oxygens (including phenoxy) is 1. The van der Waals surface area contributed by atoms with Crippen molar-refractivity contribution in [3.05, 3.63) is 34.3 Å². The van der Waals surface area contributed by atoms with E-state index < -0.39 is 0 Å². The molecule has 0 atom stereocenters. The molecule has 0 radical (unpaired) electrons. The summed E-state index contributed by atoms with van der Waals surface area (Å²) in [7, 11) is 1.63. The van der Waals surface area contributed by atoms with E-state index in [0.29, 0.717) is 10.2 Å². The maximum atomic E-state index is 12.2. The van der Waals surface area contributed by atoms with Crippen LogP contribution in [0.5, 0.6) is 5.75 Å². The minimum atomic E-state index is -0.174. The Morgan fingerprint density at radius 2 is 1.86 bits per heavy atom. The topological polar surface area (TPSA) is 103 Å². The van der Waals surface area contributed by atoms with Crippen LogP contribution in [-0.2, 0) is 4.79 Å². The molecule has 0 spiro atoms. The fraction of sp³-hybridized carbons (Fsp3) is 0.222. The lowest BCUT2D eigenvalue weighted by Crippen LogP contribution is -2.14. The van der Waals surface area contributed by atoms with E-state index in [0.717, 1.165) is 37.2 Å². The Morgan fingerprint density at radius 3 is 2.55 bits per heavy atom. The SMILES string of the molecule is COc1ccc(-c2nnc(SCC(=O)Nc3nnc(C)s3)c3nc(C)sc23)cc1. The van der Waals surface area contributed by atoms with E-state index in [4.69, 9.17) is 4.74 Å². The third-order valence-corrected chi connectivity index (χ3v) is 6.55. The first-order chi connectivity index (χ1) is 14.0. The number of aromatic nitrogens is 5. The Morgan fingerprint density at radius 1 is 1.07 bits per heavy atom. The van der Waals surface area contributed by atoms with Gasteiger partial charge in [0, 0.05) is 5.56 Å². The number of anilines is 1. The first-order valence-corrected chi connectivity index (χ1v) is 11.2. The molecule has 11 heteroatoms. The molecule has 3 heterocycles. The fourth-order valence-corrected chi connectivity index (χ4v) is 4.91. The molecule has 29 heavy (non-hydrogen) atoms. The highest BCUT2D eigenvalue weighted by Gasteiger charge is 2.17. The highest BCUT2D eigenvalue weighted by atomic mass is 32.2. The highest BCUT2D eigenvalue weighted by molar-refractivity contribution is 8.00. The average molecular weight is 445 g/mol. The largest absolute Gasteiger partial charge is 0.497 e. The summed E-state index contributed by atoms with van der Waals surface area (Å²) >= 11 is 4.20. The number of thiazole rings is 1. The molecule has 4 rings (SSSR count). The predicted molar refractivity (Wildman–Crippen MR) is 116 cm³/mol. The van der Waals surface area contributed by atoms with Crippen molar-refractivity contribution in [2.24, 2.45) is 0 Å². The summed E-state index contributed by atoms with van der Waals surface area (Å²) in [4.78, 5) is 16.8. The summed E-state index contributed by atoms with van der Waals surface area (Å²) in [6, 6.07) is 7.67. The number of nitrogens with one attached hydrogen (secondary N) is 1. The van der Waals surface area contributed by atoms with Gasteiger partial charge in [-0.25, -0.2) is 4.98 Å². The third-order valence-electron chi connectivity index (χ3n) is 3.87. The quantitative estimate of drug-likeness (QED) is 0.446. The van der Waals surface area contributed by atoms with Gasteiger partial charge in [-0.3, -0.25) is 10.1 Å². The van der Waals surface area contributed by atoms with Crippen molar-refractivity contribution >= 4 is 55.7 Å². The molecule has 1 N–H and O–H groups in total. The van der Waals surface area contributed by atoms with Crippen LogP contribution in [0.4, 0.5) is 5.13 Å². The molecular weight excluding hydrogens is 428 g/mol. The molecule has 0 saturated heterocycles. The Balaban J connectivity index is 1.56. The number of amides is 1. The van der Waals surface area contributed by atoms with Crippen molar-refractivity contribution in [2.45, 2.75) is 18.9 Å². The van der Waals surface area contributed by atoms with Gasteiger partial charge in [-0.05, 0) is 38.1 Å². The standard InChI is InChI=1S/C18H16N6O2S3/c1-9-19-15-16(28-9)14(11-4-6-12(26-3)7-5-11)22-23-17(15)27-8-13(25)20-18-24-21-10(2)29-18/h4-7H,8H2,1-3H3,(H,20,24,25). The smallest absolute Gasteiger partial charge is 0.236 e. The summed E-state index contributed by atoms with van der Waals surface area (Å²) in [5.41, 5.74) is 2.47. The summed E-state index contributed by atoms with van der Waals surface area (Å²) in [6.07, 6.45) is 0. The van der Waals surface area contributed by atoms with Crippen molar-refractivity contribution in [3.8, 4) is 17.0 Å². The van der Waals surface area contributed by atoms with E-state index in [2.05, 4.69) is 30.7 Å². The molecular formula is C18H16N6O2S3. The number of methoxy groups -OCH3 is 1. The molecule has 0 unspecified atom stereocenters. The number of fused-ring (bicyclic) bond motifs is 1. The molecule has 0 fully saturated rings. The van der Waals surface area contributed by atoms with Crippen molar-refractivity contribution in [1.29, 1.82) is 0 Å². The maximum Gasteiger partial charge on any atom is 0.236 e. The van der Waals surface area contributed by atoms with Gasteiger partial charge in [0.25, 0.3) is 0 Å². The van der Waals surface area contributed by atoms with Gasteiger partial charge in [-0.15, -0.1) is 31.7 Å². The van der Waals surface area contributed by atoms with E-state index >= 15 is 0 Å². The van der Waals surface area contributed by atoms with Crippen LogP contribution in [0.25, 0.3) is 21.5 Å². The van der Waals surface area contributed by atoms with Gasteiger partial charge in [0.05, 0.1) is 22.6 Å². The number of thioether (sulfide) groups is 1. The van der Waals surface area contributed by atoms with Crippen LogP contribution in [0.15, 0.2) is 29.3 Å². The zero-order chi connectivity index (χ0) is 20.4. The zero-order valence-corrected chi connectivity index (χ0v) is 18.2. The monoisotopic (exact) mass is 444 g/mol. The summed E-state index contributed by atoms with van der Waals surface area (Å²) in [5, 5.41) is 22.1. The molecule has 0 aliphatic carbocycles. The number of rotatable bonds is 6. The van der Waals surface area contributed by atoms with Gasteiger partial charge in [-0.2, -0.15) is 0 Å². The average Bonchev–Trinajstić information content (AvgIpc) is 3.31. The van der Waals surface area contributed by atoms with Crippen LogP contribution in [0.1, 0.15) is 10.0 Å². The van der Waals surface area contributed by atoms with Crippen LogP contribution in [0.2, 0.25) is 0 Å². The van der Waals surface area contributed by atoms with E-state index in [1.165, 1.54) is 23.1 Å². The van der Waals surface area contributed by atoms with E-state index in [-0.39, 0.29) is 11.7 Å². The van der Waals surface area contributed by atoms with E-state index in [1.54, 1.807) is 18.4 Å². The van der Waals surface area contributed by atoms with E-state index in [9.17, 15) is 4.79 Å². The van der Waals surface area contributed by atoms with Crippen molar-refractivity contribution < 1.29 is 9.53 Å². The van der Waals surface area contributed by atoms with Crippen LogP contribution < -0.4 is 10.1 Å². The Bertz CT molecular complexity index is 1170. The Hall–Kier alpha value is -2.63. The van der Waals surface area contributed by atoms with Crippen LogP contribution in [0.3, 0.4) is 0 Å². The van der Waals surface area contributed by atoms with Gasteiger partial charge in [0.2, 0.25) is 11.0 Å². The summed E-state index contributed by atoms with van der Waals surface area (Å²) < 4.78 is 6.17. The van der Waals surface area contributed by atoms with Crippen molar-refractivity contribution in [1.82, 2.24) is 25.4 Å². The number of carbonyl (C=O) groups is 1. The maximum absolute atomic E-state index is 12.2. The number of carbonyl (C=O) groups excluding carboxylic acids is 1. The zero-order valence-electron chi connectivity index (χ0n) is 15.8. The van der Waals surface area contributed by atoms with Gasteiger partial charge in [0.1, 0.15) is 27.0 Å². The number of aryl methyl sites for hydroxylation is 2. The number of hydrogen-bond donors (Lipinski definition) is 1. The van der Waals surface area contributed by atoms with Crippen molar-refractivity contribution in [2.75, 3.05) is 18.2 Å². The second-order valence-electron chi connectivity index (χ2n) is 5.96.